The van der Waals surface area contributed by atoms with Crippen LogP contribution in [0.4, 0.5) is 13.2 Å². The highest BCUT2D eigenvalue weighted by Gasteiger charge is 2.34. The maximum Gasteiger partial charge on any atom is 0.406 e. The number of carbonyl (C=O) groups excluding carboxylic acids is 1. The van der Waals surface area contributed by atoms with E-state index in [1.165, 1.54) is 10.9 Å². The number of nitrogens with zero attached hydrogens (tertiary/aromatic N) is 3. The van der Waals surface area contributed by atoms with Gasteiger partial charge >= 0.3 is 6.18 Å². The molecule has 0 aliphatic rings. The Kier molecular flexibility index (Phi) is 4.93. The van der Waals surface area contributed by atoms with Crippen molar-refractivity contribution in [3.05, 3.63) is 17.5 Å². The molecular weight excluding hydrogens is 263 g/mol. The van der Waals surface area contributed by atoms with Gasteiger partial charge in [0.25, 0.3) is 5.91 Å². The molecule has 0 spiro atoms. The zero-order chi connectivity index (χ0) is 14.6. The van der Waals surface area contributed by atoms with Gasteiger partial charge < -0.3 is 10.0 Å². The minimum atomic E-state index is -4.50. The van der Waals surface area contributed by atoms with Crippen molar-refractivity contribution < 1.29 is 23.1 Å². The standard InChI is InChI=1S/C11H16F3N3O2/c1-3-9-8(6-16(2)15-9)10(19)17(4-5-18)7-11(12,13)14/h6,18H,3-5,7H2,1-2H3. The van der Waals surface area contributed by atoms with Crippen molar-refractivity contribution in [3.63, 3.8) is 0 Å². The van der Waals surface area contributed by atoms with E-state index in [0.717, 1.165) is 0 Å². The molecule has 1 heterocycles. The van der Waals surface area contributed by atoms with Crippen LogP contribution in [-0.4, -0.2) is 51.6 Å². The molecule has 0 unspecified atom stereocenters. The highest BCUT2D eigenvalue weighted by Crippen LogP contribution is 2.19. The van der Waals surface area contributed by atoms with Gasteiger partial charge in [0.2, 0.25) is 0 Å². The van der Waals surface area contributed by atoms with E-state index in [-0.39, 0.29) is 12.1 Å². The van der Waals surface area contributed by atoms with Crippen LogP contribution in [0.5, 0.6) is 0 Å². The first-order valence-electron chi connectivity index (χ1n) is 5.78. The number of halogens is 3. The van der Waals surface area contributed by atoms with Crippen LogP contribution in [0.1, 0.15) is 23.0 Å². The Morgan fingerprint density at radius 1 is 1.53 bits per heavy atom. The first-order chi connectivity index (χ1) is 8.78. The van der Waals surface area contributed by atoms with E-state index < -0.39 is 25.2 Å². The highest BCUT2D eigenvalue weighted by molar-refractivity contribution is 5.95. The van der Waals surface area contributed by atoms with Crippen LogP contribution < -0.4 is 0 Å². The van der Waals surface area contributed by atoms with E-state index in [1.807, 2.05) is 0 Å². The molecule has 0 atom stereocenters. The molecule has 108 valence electrons. The van der Waals surface area contributed by atoms with Gasteiger partial charge in [0, 0.05) is 19.8 Å². The number of aliphatic hydroxyl groups excluding tert-OH is 1. The summed E-state index contributed by atoms with van der Waals surface area (Å²) >= 11 is 0. The predicted molar refractivity (Wildman–Crippen MR) is 61.6 cm³/mol. The van der Waals surface area contributed by atoms with Gasteiger partial charge in [0.05, 0.1) is 17.9 Å². The summed E-state index contributed by atoms with van der Waals surface area (Å²) < 4.78 is 38.6. The molecule has 0 fully saturated rings. The lowest BCUT2D eigenvalue weighted by Crippen LogP contribution is -2.40. The van der Waals surface area contributed by atoms with Gasteiger partial charge in [-0.15, -0.1) is 0 Å². The van der Waals surface area contributed by atoms with E-state index in [2.05, 4.69) is 5.10 Å². The zero-order valence-corrected chi connectivity index (χ0v) is 10.7. The molecule has 0 saturated heterocycles. The number of aromatic nitrogens is 2. The molecule has 0 aliphatic carbocycles. The summed E-state index contributed by atoms with van der Waals surface area (Å²) in [5, 5.41) is 12.8. The summed E-state index contributed by atoms with van der Waals surface area (Å²) in [6, 6.07) is 0. The van der Waals surface area contributed by atoms with E-state index in [4.69, 9.17) is 5.11 Å². The Morgan fingerprint density at radius 2 is 2.16 bits per heavy atom. The fourth-order valence-electron chi connectivity index (χ4n) is 1.73. The lowest BCUT2D eigenvalue weighted by Gasteiger charge is -2.22. The van der Waals surface area contributed by atoms with Crippen LogP contribution >= 0.6 is 0 Å². The first-order valence-corrected chi connectivity index (χ1v) is 5.78. The molecule has 1 aromatic rings. The minimum Gasteiger partial charge on any atom is -0.395 e. The van der Waals surface area contributed by atoms with Gasteiger partial charge in [0.15, 0.2) is 0 Å². The molecule has 1 aromatic heterocycles. The molecule has 1 N–H and O–H groups in total. The van der Waals surface area contributed by atoms with Gasteiger partial charge in [0.1, 0.15) is 6.54 Å². The van der Waals surface area contributed by atoms with Crippen molar-refractivity contribution in [2.75, 3.05) is 19.7 Å². The lowest BCUT2D eigenvalue weighted by atomic mass is 10.2. The molecule has 5 nitrogen and oxygen atoms in total. The number of aliphatic hydroxyl groups is 1. The van der Waals surface area contributed by atoms with Crippen LogP contribution in [0.25, 0.3) is 0 Å². The quantitative estimate of drug-likeness (QED) is 0.874. The molecule has 0 aliphatic heterocycles. The summed E-state index contributed by atoms with van der Waals surface area (Å²) in [7, 11) is 1.59. The number of alkyl halides is 3. The molecule has 1 rings (SSSR count). The maximum atomic E-state index is 12.4. The van der Waals surface area contributed by atoms with Crippen LogP contribution in [0.15, 0.2) is 6.20 Å². The normalized spacial score (nSPS) is 11.7. The van der Waals surface area contributed by atoms with Gasteiger partial charge in [-0.05, 0) is 6.42 Å². The Labute approximate surface area is 108 Å². The van der Waals surface area contributed by atoms with E-state index in [1.54, 1.807) is 14.0 Å². The predicted octanol–water partition coefficient (Wildman–Crippen LogP) is 0.979. The smallest absolute Gasteiger partial charge is 0.395 e. The molecule has 0 aromatic carbocycles. The fourth-order valence-corrected chi connectivity index (χ4v) is 1.73. The molecule has 0 saturated carbocycles. The largest absolute Gasteiger partial charge is 0.406 e. The molecule has 1 amide bonds. The highest BCUT2D eigenvalue weighted by atomic mass is 19.4. The van der Waals surface area contributed by atoms with Crippen molar-refractivity contribution in [1.82, 2.24) is 14.7 Å². The minimum absolute atomic E-state index is 0.141. The number of hydrogen-bond acceptors (Lipinski definition) is 3. The van der Waals surface area contributed by atoms with Crippen LogP contribution in [0.3, 0.4) is 0 Å². The van der Waals surface area contributed by atoms with E-state index >= 15 is 0 Å². The van der Waals surface area contributed by atoms with Gasteiger partial charge in [-0.2, -0.15) is 18.3 Å². The summed E-state index contributed by atoms with van der Waals surface area (Å²) in [5.74, 6) is -0.767. The van der Waals surface area contributed by atoms with Crippen molar-refractivity contribution >= 4 is 5.91 Å². The average Bonchev–Trinajstić information content (AvgIpc) is 2.67. The number of carbonyl (C=O) groups is 1. The summed E-state index contributed by atoms with van der Waals surface area (Å²) in [6.45, 7) is -0.510. The van der Waals surface area contributed by atoms with E-state index in [9.17, 15) is 18.0 Å². The second-order valence-electron chi connectivity index (χ2n) is 4.08. The van der Waals surface area contributed by atoms with Gasteiger partial charge in [-0.3, -0.25) is 9.48 Å². The Morgan fingerprint density at radius 3 is 2.63 bits per heavy atom. The molecule has 19 heavy (non-hydrogen) atoms. The monoisotopic (exact) mass is 279 g/mol. The van der Waals surface area contributed by atoms with Crippen molar-refractivity contribution in [1.29, 1.82) is 0 Å². The van der Waals surface area contributed by atoms with Crippen molar-refractivity contribution in [2.45, 2.75) is 19.5 Å². The maximum absolute atomic E-state index is 12.4. The molecule has 8 heteroatoms. The third-order valence-corrected chi connectivity index (χ3v) is 2.50. The second-order valence-corrected chi connectivity index (χ2v) is 4.08. The topological polar surface area (TPSA) is 58.4 Å². The number of amides is 1. The third-order valence-electron chi connectivity index (χ3n) is 2.50. The SMILES string of the molecule is CCc1nn(C)cc1C(=O)N(CCO)CC(F)(F)F. The molecule has 0 radical (unpaired) electrons. The lowest BCUT2D eigenvalue weighted by molar-refractivity contribution is -0.141. The van der Waals surface area contributed by atoms with E-state index in [0.29, 0.717) is 17.0 Å². The summed E-state index contributed by atoms with van der Waals surface area (Å²) in [6.07, 6.45) is -2.66. The molecule has 0 bridgehead atoms. The van der Waals surface area contributed by atoms with Crippen LogP contribution in [0.2, 0.25) is 0 Å². The van der Waals surface area contributed by atoms with Crippen LogP contribution in [-0.2, 0) is 13.5 Å². The van der Waals surface area contributed by atoms with Crippen molar-refractivity contribution in [3.8, 4) is 0 Å². The summed E-state index contributed by atoms with van der Waals surface area (Å²) in [5.41, 5.74) is 0.584. The third kappa shape index (κ3) is 4.23. The number of hydrogen-bond donors (Lipinski definition) is 1. The Hall–Kier alpha value is -1.57. The van der Waals surface area contributed by atoms with Gasteiger partial charge in [-0.25, -0.2) is 0 Å². The van der Waals surface area contributed by atoms with Crippen LogP contribution in [0, 0.1) is 0 Å². The summed E-state index contributed by atoms with van der Waals surface area (Å²) in [4.78, 5) is 12.6. The second kappa shape index (κ2) is 6.05. The Bertz CT molecular complexity index is 443. The van der Waals surface area contributed by atoms with Gasteiger partial charge in [-0.1, -0.05) is 6.92 Å². The zero-order valence-electron chi connectivity index (χ0n) is 10.7. The molecular formula is C11H16F3N3O2. The number of rotatable bonds is 5. The fraction of sp³-hybridized carbons (Fsp3) is 0.636. The van der Waals surface area contributed by atoms with Crippen molar-refractivity contribution in [2.24, 2.45) is 7.05 Å². The number of aryl methyl sites for hydroxylation is 2. The first kappa shape index (κ1) is 15.5. The average molecular weight is 279 g/mol. The Balaban J connectivity index is 2.98.